The monoisotopic (exact) mass is 238 g/mol. The number of anilines is 1. The second-order valence-corrected chi connectivity index (χ2v) is 4.44. The second kappa shape index (κ2) is 7.28. The van der Waals surface area contributed by atoms with E-state index in [1.165, 1.54) is 6.07 Å². The van der Waals surface area contributed by atoms with Crippen LogP contribution in [0.4, 0.5) is 10.1 Å². The van der Waals surface area contributed by atoms with E-state index in [9.17, 15) is 4.39 Å². The first-order chi connectivity index (χ1) is 8.17. The van der Waals surface area contributed by atoms with Crippen molar-refractivity contribution in [3.05, 3.63) is 30.1 Å². The van der Waals surface area contributed by atoms with E-state index in [-0.39, 0.29) is 5.82 Å². The lowest BCUT2D eigenvalue weighted by molar-refractivity contribution is 0.492. The Kier molecular flexibility index (Phi) is 5.98. The molecule has 0 radical (unpaired) electrons. The SMILES string of the molecule is CCC(CCCN(C)c1cccc(F)c1)NC. The number of rotatable bonds is 7. The quantitative estimate of drug-likeness (QED) is 0.785. The number of halogens is 1. The van der Waals surface area contributed by atoms with E-state index in [2.05, 4.69) is 17.1 Å². The smallest absolute Gasteiger partial charge is 0.125 e. The van der Waals surface area contributed by atoms with E-state index < -0.39 is 0 Å². The minimum Gasteiger partial charge on any atom is -0.375 e. The summed E-state index contributed by atoms with van der Waals surface area (Å²) in [5.41, 5.74) is 0.947. The lowest BCUT2D eigenvalue weighted by Crippen LogP contribution is -2.26. The summed E-state index contributed by atoms with van der Waals surface area (Å²) in [5.74, 6) is -0.170. The van der Waals surface area contributed by atoms with Crippen molar-refractivity contribution in [3.8, 4) is 0 Å². The van der Waals surface area contributed by atoms with E-state index >= 15 is 0 Å². The first-order valence-corrected chi connectivity index (χ1v) is 6.31. The molecule has 0 aliphatic heterocycles. The third-order valence-electron chi connectivity index (χ3n) is 3.20. The molecule has 1 N–H and O–H groups in total. The molecule has 0 saturated carbocycles. The van der Waals surface area contributed by atoms with Gasteiger partial charge in [0.05, 0.1) is 0 Å². The van der Waals surface area contributed by atoms with Crippen molar-refractivity contribution in [2.75, 3.05) is 25.5 Å². The summed E-state index contributed by atoms with van der Waals surface area (Å²) in [6.07, 6.45) is 3.43. The van der Waals surface area contributed by atoms with E-state index in [4.69, 9.17) is 0 Å². The molecule has 0 heterocycles. The Hall–Kier alpha value is -1.09. The Morgan fingerprint density at radius 3 is 2.76 bits per heavy atom. The summed E-state index contributed by atoms with van der Waals surface area (Å²) in [5, 5.41) is 3.30. The standard InChI is InChI=1S/C14H23FN2/c1-4-13(16-2)8-6-10-17(3)14-9-5-7-12(15)11-14/h5,7,9,11,13,16H,4,6,8,10H2,1-3H3. The van der Waals surface area contributed by atoms with Gasteiger partial charge in [0.15, 0.2) is 0 Å². The van der Waals surface area contributed by atoms with Crippen LogP contribution in [-0.4, -0.2) is 26.7 Å². The largest absolute Gasteiger partial charge is 0.375 e. The third kappa shape index (κ3) is 4.73. The third-order valence-corrected chi connectivity index (χ3v) is 3.20. The van der Waals surface area contributed by atoms with Crippen molar-refractivity contribution in [1.82, 2.24) is 5.32 Å². The summed E-state index contributed by atoms with van der Waals surface area (Å²) < 4.78 is 13.1. The van der Waals surface area contributed by atoms with Crippen LogP contribution in [0.15, 0.2) is 24.3 Å². The summed E-state index contributed by atoms with van der Waals surface area (Å²) in [7, 11) is 4.01. The van der Waals surface area contributed by atoms with Gasteiger partial charge in [0.25, 0.3) is 0 Å². The fraction of sp³-hybridized carbons (Fsp3) is 0.571. The van der Waals surface area contributed by atoms with Crippen molar-refractivity contribution in [1.29, 1.82) is 0 Å². The zero-order valence-electron chi connectivity index (χ0n) is 11.0. The lowest BCUT2D eigenvalue weighted by atomic mass is 10.1. The maximum absolute atomic E-state index is 13.1. The molecule has 1 rings (SSSR count). The van der Waals surface area contributed by atoms with Crippen molar-refractivity contribution < 1.29 is 4.39 Å². The Labute approximate surface area is 104 Å². The number of hydrogen-bond donors (Lipinski definition) is 1. The Balaban J connectivity index is 2.37. The Bertz CT molecular complexity index is 324. The summed E-state index contributed by atoms with van der Waals surface area (Å²) >= 11 is 0. The van der Waals surface area contributed by atoms with Crippen LogP contribution in [0.25, 0.3) is 0 Å². The Morgan fingerprint density at radius 1 is 1.41 bits per heavy atom. The highest BCUT2D eigenvalue weighted by molar-refractivity contribution is 5.45. The molecule has 0 bridgehead atoms. The number of hydrogen-bond acceptors (Lipinski definition) is 2. The maximum atomic E-state index is 13.1. The molecule has 0 saturated heterocycles. The minimum atomic E-state index is -0.170. The molecule has 0 aliphatic rings. The van der Waals surface area contributed by atoms with Crippen LogP contribution in [0, 0.1) is 5.82 Å². The number of nitrogens with zero attached hydrogens (tertiary/aromatic N) is 1. The highest BCUT2D eigenvalue weighted by Crippen LogP contribution is 2.14. The average molecular weight is 238 g/mol. The zero-order chi connectivity index (χ0) is 12.7. The van der Waals surface area contributed by atoms with Crippen molar-refractivity contribution in [3.63, 3.8) is 0 Å². The molecule has 0 fully saturated rings. The molecule has 2 nitrogen and oxygen atoms in total. The van der Waals surface area contributed by atoms with Crippen molar-refractivity contribution >= 4 is 5.69 Å². The van der Waals surface area contributed by atoms with Crippen molar-refractivity contribution in [2.24, 2.45) is 0 Å². The highest BCUT2D eigenvalue weighted by Gasteiger charge is 2.05. The van der Waals surface area contributed by atoms with Gasteiger partial charge in [-0.25, -0.2) is 4.39 Å². The topological polar surface area (TPSA) is 15.3 Å². The maximum Gasteiger partial charge on any atom is 0.125 e. The van der Waals surface area contributed by atoms with Gasteiger partial charge in [0.1, 0.15) is 5.82 Å². The Morgan fingerprint density at radius 2 is 2.18 bits per heavy atom. The number of nitrogens with one attached hydrogen (secondary N) is 1. The molecule has 1 unspecified atom stereocenters. The normalized spacial score (nSPS) is 12.5. The van der Waals surface area contributed by atoms with Gasteiger partial charge >= 0.3 is 0 Å². The van der Waals surface area contributed by atoms with Crippen LogP contribution >= 0.6 is 0 Å². The summed E-state index contributed by atoms with van der Waals surface area (Å²) in [6.45, 7) is 3.15. The average Bonchev–Trinajstić information content (AvgIpc) is 2.34. The van der Waals surface area contributed by atoms with Gasteiger partial charge in [-0.2, -0.15) is 0 Å². The lowest BCUT2D eigenvalue weighted by Gasteiger charge is -2.21. The van der Waals surface area contributed by atoms with E-state index in [0.29, 0.717) is 6.04 Å². The predicted octanol–water partition coefficient (Wildman–Crippen LogP) is 3.04. The summed E-state index contributed by atoms with van der Waals surface area (Å²) in [6, 6.07) is 7.35. The van der Waals surface area contributed by atoms with Gasteiger partial charge in [-0.05, 0) is 44.5 Å². The second-order valence-electron chi connectivity index (χ2n) is 4.44. The molecule has 1 aromatic rings. The molecule has 0 amide bonds. The molecule has 1 aromatic carbocycles. The van der Waals surface area contributed by atoms with Crippen LogP contribution in [-0.2, 0) is 0 Å². The van der Waals surface area contributed by atoms with Gasteiger partial charge in [-0.3, -0.25) is 0 Å². The number of benzene rings is 1. The predicted molar refractivity (Wildman–Crippen MR) is 72.0 cm³/mol. The van der Waals surface area contributed by atoms with Gasteiger partial charge in [0, 0.05) is 25.3 Å². The molecular formula is C14H23FN2. The van der Waals surface area contributed by atoms with E-state index in [1.807, 2.05) is 20.2 Å². The molecule has 17 heavy (non-hydrogen) atoms. The molecule has 0 aromatic heterocycles. The van der Waals surface area contributed by atoms with Crippen LogP contribution in [0.3, 0.4) is 0 Å². The fourth-order valence-electron chi connectivity index (χ4n) is 1.97. The van der Waals surface area contributed by atoms with Gasteiger partial charge in [-0.1, -0.05) is 13.0 Å². The molecule has 96 valence electrons. The zero-order valence-corrected chi connectivity index (χ0v) is 11.0. The highest BCUT2D eigenvalue weighted by atomic mass is 19.1. The van der Waals surface area contributed by atoms with Crippen molar-refractivity contribution in [2.45, 2.75) is 32.2 Å². The van der Waals surface area contributed by atoms with Gasteiger partial charge in [0.2, 0.25) is 0 Å². The van der Waals surface area contributed by atoms with E-state index in [1.54, 1.807) is 12.1 Å². The van der Waals surface area contributed by atoms with Crippen LogP contribution in [0.2, 0.25) is 0 Å². The van der Waals surface area contributed by atoms with Crippen LogP contribution in [0.5, 0.6) is 0 Å². The van der Waals surface area contributed by atoms with E-state index in [0.717, 1.165) is 31.5 Å². The first-order valence-electron chi connectivity index (χ1n) is 6.31. The molecule has 1 atom stereocenters. The molecule has 0 aliphatic carbocycles. The minimum absolute atomic E-state index is 0.170. The van der Waals surface area contributed by atoms with Crippen LogP contribution < -0.4 is 10.2 Å². The fourth-order valence-corrected chi connectivity index (χ4v) is 1.97. The molecular weight excluding hydrogens is 215 g/mol. The summed E-state index contributed by atoms with van der Waals surface area (Å²) in [4.78, 5) is 2.10. The molecule has 3 heteroatoms. The van der Waals surface area contributed by atoms with Gasteiger partial charge < -0.3 is 10.2 Å². The molecule has 0 spiro atoms. The van der Waals surface area contributed by atoms with Crippen LogP contribution in [0.1, 0.15) is 26.2 Å². The van der Waals surface area contributed by atoms with Gasteiger partial charge in [-0.15, -0.1) is 0 Å². The first kappa shape index (κ1) is 14.0.